The van der Waals surface area contributed by atoms with E-state index in [2.05, 4.69) is 11.2 Å². The van der Waals surface area contributed by atoms with Crippen molar-refractivity contribution in [1.82, 2.24) is 0 Å². The molecule has 4 rings (SSSR count). The van der Waals surface area contributed by atoms with Gasteiger partial charge in [0.25, 0.3) is 5.91 Å². The van der Waals surface area contributed by atoms with Gasteiger partial charge in [-0.15, -0.1) is 0 Å². The Morgan fingerprint density at radius 1 is 1.09 bits per heavy atom. The number of para-hydroxylation sites is 1. The van der Waals surface area contributed by atoms with Crippen LogP contribution in [0, 0.1) is 0 Å². The fourth-order valence-corrected chi connectivity index (χ4v) is 3.05. The largest absolute Gasteiger partial charge is 0.382 e. The molecule has 0 spiro atoms. The molecule has 2 aliphatic heterocycles. The van der Waals surface area contributed by atoms with Crippen molar-refractivity contribution in [1.29, 1.82) is 0 Å². The number of oxime groups is 1. The molecule has 2 aromatic rings. The van der Waals surface area contributed by atoms with Gasteiger partial charge >= 0.3 is 0 Å². The van der Waals surface area contributed by atoms with Crippen molar-refractivity contribution in [2.24, 2.45) is 5.16 Å². The van der Waals surface area contributed by atoms with Crippen molar-refractivity contribution in [3.8, 4) is 0 Å². The second kappa shape index (κ2) is 5.30. The molecule has 22 heavy (non-hydrogen) atoms. The molecular weight excluding hydrogens is 276 g/mol. The Bertz CT molecular complexity index is 740. The Morgan fingerprint density at radius 3 is 2.73 bits per heavy atom. The molecule has 110 valence electrons. The minimum absolute atomic E-state index is 0.000342. The summed E-state index contributed by atoms with van der Waals surface area (Å²) >= 11 is 0. The van der Waals surface area contributed by atoms with E-state index in [1.165, 1.54) is 5.56 Å². The molecule has 1 amide bonds. The summed E-state index contributed by atoms with van der Waals surface area (Å²) in [5.74, 6) is -0.000342. The van der Waals surface area contributed by atoms with E-state index >= 15 is 0 Å². The fourth-order valence-electron chi connectivity index (χ4n) is 3.05. The number of fused-ring (bicyclic) bond motifs is 1. The summed E-state index contributed by atoms with van der Waals surface area (Å²) in [5, 5.41) is 4.10. The predicted octanol–water partition coefficient (Wildman–Crippen LogP) is 2.77. The molecular formula is C18H16N2O2. The average Bonchev–Trinajstić information content (AvgIpc) is 3.22. The molecule has 0 N–H and O–H groups in total. The van der Waals surface area contributed by atoms with Crippen molar-refractivity contribution < 1.29 is 9.63 Å². The molecule has 4 heteroatoms. The van der Waals surface area contributed by atoms with Crippen LogP contribution in [0.3, 0.4) is 0 Å². The van der Waals surface area contributed by atoms with Crippen molar-refractivity contribution in [3.63, 3.8) is 0 Å². The molecule has 0 aromatic heterocycles. The van der Waals surface area contributed by atoms with Crippen LogP contribution in [0.4, 0.5) is 5.69 Å². The molecule has 2 aromatic carbocycles. The zero-order chi connectivity index (χ0) is 14.9. The van der Waals surface area contributed by atoms with E-state index in [4.69, 9.17) is 4.84 Å². The van der Waals surface area contributed by atoms with E-state index in [-0.39, 0.29) is 5.91 Å². The molecule has 0 unspecified atom stereocenters. The minimum atomic E-state index is -0.513. The number of amides is 1. The lowest BCUT2D eigenvalue weighted by molar-refractivity contribution is -0.128. The summed E-state index contributed by atoms with van der Waals surface area (Å²) in [6.45, 7) is 0.721. The fraction of sp³-hybridized carbons (Fsp3) is 0.222. The quantitative estimate of drug-likeness (QED) is 0.854. The van der Waals surface area contributed by atoms with E-state index < -0.39 is 6.10 Å². The highest BCUT2D eigenvalue weighted by atomic mass is 16.6. The second-order valence-corrected chi connectivity index (χ2v) is 5.57. The van der Waals surface area contributed by atoms with Crippen LogP contribution in [0.1, 0.15) is 17.5 Å². The lowest BCUT2D eigenvalue weighted by Gasteiger charge is -2.19. The summed E-state index contributed by atoms with van der Waals surface area (Å²) < 4.78 is 0. The van der Waals surface area contributed by atoms with Crippen LogP contribution in [0.2, 0.25) is 0 Å². The van der Waals surface area contributed by atoms with E-state index in [1.54, 1.807) is 0 Å². The first-order chi connectivity index (χ1) is 10.8. The van der Waals surface area contributed by atoms with Gasteiger partial charge < -0.3 is 9.74 Å². The number of rotatable bonds is 2. The number of hydrogen-bond donors (Lipinski definition) is 0. The van der Waals surface area contributed by atoms with Gasteiger partial charge in [0, 0.05) is 18.7 Å². The molecule has 1 atom stereocenters. The van der Waals surface area contributed by atoms with E-state index in [0.29, 0.717) is 6.42 Å². The summed E-state index contributed by atoms with van der Waals surface area (Å²) in [7, 11) is 0. The Kier molecular flexibility index (Phi) is 3.15. The van der Waals surface area contributed by atoms with Gasteiger partial charge in [-0.2, -0.15) is 0 Å². The minimum Gasteiger partial charge on any atom is -0.382 e. The van der Waals surface area contributed by atoms with Crippen molar-refractivity contribution in [2.45, 2.75) is 18.9 Å². The first-order valence-corrected chi connectivity index (χ1v) is 7.50. The van der Waals surface area contributed by atoms with E-state index in [1.807, 2.05) is 53.4 Å². The Labute approximate surface area is 129 Å². The number of hydrogen-bond acceptors (Lipinski definition) is 3. The van der Waals surface area contributed by atoms with Crippen LogP contribution in [0.15, 0.2) is 59.8 Å². The molecule has 0 bridgehead atoms. The molecule has 2 aliphatic rings. The van der Waals surface area contributed by atoms with Crippen molar-refractivity contribution in [2.75, 3.05) is 11.4 Å². The number of carbonyl (C=O) groups is 1. The third kappa shape index (κ3) is 2.17. The van der Waals surface area contributed by atoms with Crippen LogP contribution in [0.5, 0.6) is 0 Å². The van der Waals surface area contributed by atoms with Gasteiger partial charge in [-0.1, -0.05) is 53.7 Å². The van der Waals surface area contributed by atoms with Crippen LogP contribution < -0.4 is 4.90 Å². The lowest BCUT2D eigenvalue weighted by Crippen LogP contribution is -2.38. The molecule has 0 aliphatic carbocycles. The summed E-state index contributed by atoms with van der Waals surface area (Å²) in [6.07, 6.45) is 0.920. The van der Waals surface area contributed by atoms with Gasteiger partial charge in [0.05, 0.1) is 5.71 Å². The zero-order valence-corrected chi connectivity index (χ0v) is 12.1. The van der Waals surface area contributed by atoms with Gasteiger partial charge in [0.1, 0.15) is 0 Å². The van der Waals surface area contributed by atoms with Gasteiger partial charge in [0.15, 0.2) is 0 Å². The lowest BCUT2D eigenvalue weighted by atomic mass is 10.0. The number of nitrogens with zero attached hydrogens (tertiary/aromatic N) is 2. The second-order valence-electron chi connectivity index (χ2n) is 5.57. The van der Waals surface area contributed by atoms with Crippen LogP contribution in [-0.2, 0) is 16.1 Å². The monoisotopic (exact) mass is 292 g/mol. The van der Waals surface area contributed by atoms with Crippen LogP contribution in [0.25, 0.3) is 0 Å². The highest BCUT2D eigenvalue weighted by Gasteiger charge is 2.35. The van der Waals surface area contributed by atoms with Crippen molar-refractivity contribution in [3.05, 3.63) is 65.7 Å². The summed E-state index contributed by atoms with van der Waals surface area (Å²) in [5.41, 5.74) is 4.08. The Balaban J connectivity index is 1.50. The number of benzene rings is 2. The SMILES string of the molecule is O=C([C@H]1CC(c2ccccc2)=NO1)N1CCc2ccccc21. The van der Waals surface area contributed by atoms with Crippen molar-refractivity contribution >= 4 is 17.3 Å². The van der Waals surface area contributed by atoms with Gasteiger partial charge in [-0.3, -0.25) is 4.79 Å². The average molecular weight is 292 g/mol. The summed E-state index contributed by atoms with van der Waals surface area (Å²) in [6, 6.07) is 17.9. The molecule has 4 nitrogen and oxygen atoms in total. The van der Waals surface area contributed by atoms with Crippen LogP contribution >= 0.6 is 0 Å². The van der Waals surface area contributed by atoms with Gasteiger partial charge in [-0.25, -0.2) is 0 Å². The predicted molar refractivity (Wildman–Crippen MR) is 85.0 cm³/mol. The Hall–Kier alpha value is -2.62. The molecule has 0 saturated heterocycles. The smallest absolute Gasteiger partial charge is 0.271 e. The standard InChI is InChI=1S/C18H16N2O2/c21-18(20-11-10-14-8-4-5-9-16(14)20)17-12-15(19-22-17)13-6-2-1-3-7-13/h1-9,17H,10-12H2/t17-/m1/s1. The molecule has 0 radical (unpaired) electrons. The highest BCUT2D eigenvalue weighted by Crippen LogP contribution is 2.29. The van der Waals surface area contributed by atoms with E-state index in [9.17, 15) is 4.79 Å². The molecule has 0 fully saturated rings. The zero-order valence-electron chi connectivity index (χ0n) is 12.1. The number of carbonyl (C=O) groups excluding carboxylic acids is 1. The van der Waals surface area contributed by atoms with E-state index in [0.717, 1.165) is 29.9 Å². The topological polar surface area (TPSA) is 41.9 Å². The maximum atomic E-state index is 12.7. The maximum absolute atomic E-state index is 12.7. The highest BCUT2D eigenvalue weighted by molar-refractivity contribution is 6.07. The number of anilines is 1. The third-order valence-corrected chi connectivity index (χ3v) is 4.20. The first-order valence-electron chi connectivity index (χ1n) is 7.50. The molecule has 0 saturated carbocycles. The van der Waals surface area contributed by atoms with Crippen LogP contribution in [-0.4, -0.2) is 24.3 Å². The van der Waals surface area contributed by atoms with Gasteiger partial charge in [0.2, 0.25) is 6.10 Å². The Morgan fingerprint density at radius 2 is 1.86 bits per heavy atom. The normalized spacial score (nSPS) is 19.5. The summed E-state index contributed by atoms with van der Waals surface area (Å²) in [4.78, 5) is 19.9. The third-order valence-electron chi connectivity index (χ3n) is 4.20. The molecule has 2 heterocycles. The first kappa shape index (κ1) is 13.1. The maximum Gasteiger partial charge on any atom is 0.271 e. The van der Waals surface area contributed by atoms with Gasteiger partial charge in [-0.05, 0) is 23.6 Å².